The maximum atomic E-state index is 13.0. The molecule has 1 amide bonds. The van der Waals surface area contributed by atoms with Crippen LogP contribution in [0.5, 0.6) is 0 Å². The highest BCUT2D eigenvalue weighted by Gasteiger charge is 2.15. The monoisotopic (exact) mass is 416 g/mol. The number of benzene rings is 1. The molecule has 0 unspecified atom stereocenters. The normalized spacial score (nSPS) is 10.9. The van der Waals surface area contributed by atoms with Gasteiger partial charge < -0.3 is 4.90 Å². The largest absolute Gasteiger partial charge is 0.334 e. The summed E-state index contributed by atoms with van der Waals surface area (Å²) in [5, 5.41) is 1.15. The predicted octanol–water partition coefficient (Wildman–Crippen LogP) is 5.03. The van der Waals surface area contributed by atoms with Gasteiger partial charge in [-0.2, -0.15) is 0 Å². The highest BCUT2D eigenvalue weighted by Crippen LogP contribution is 2.23. The van der Waals surface area contributed by atoms with Gasteiger partial charge in [0.15, 0.2) is 0 Å². The highest BCUT2D eigenvalue weighted by molar-refractivity contribution is 7.18. The van der Waals surface area contributed by atoms with Crippen LogP contribution in [-0.2, 0) is 24.3 Å². The second kappa shape index (κ2) is 10.1. The van der Waals surface area contributed by atoms with Crippen LogP contribution in [0.4, 0.5) is 0 Å². The van der Waals surface area contributed by atoms with E-state index in [9.17, 15) is 4.79 Å². The molecule has 0 fully saturated rings. The van der Waals surface area contributed by atoms with Crippen LogP contribution in [0.3, 0.4) is 0 Å². The van der Waals surface area contributed by atoms with Crippen LogP contribution in [0.25, 0.3) is 10.2 Å². The summed E-state index contributed by atoms with van der Waals surface area (Å²) >= 11 is 1.75. The molecule has 0 N–H and O–H groups in total. The van der Waals surface area contributed by atoms with Gasteiger partial charge >= 0.3 is 0 Å². The molecule has 0 radical (unpaired) electrons. The summed E-state index contributed by atoms with van der Waals surface area (Å²) in [5.74, 6) is 0.167. The second-order valence-electron chi connectivity index (χ2n) is 7.25. The van der Waals surface area contributed by atoms with Gasteiger partial charge in [0, 0.05) is 44.3 Å². The Hall–Kier alpha value is -3.12. The molecule has 3 heterocycles. The van der Waals surface area contributed by atoms with E-state index in [-0.39, 0.29) is 5.91 Å². The van der Waals surface area contributed by atoms with Gasteiger partial charge in [-0.1, -0.05) is 18.2 Å². The van der Waals surface area contributed by atoms with Gasteiger partial charge in [-0.15, -0.1) is 11.3 Å². The first-order valence-electron chi connectivity index (χ1n) is 10.2. The lowest BCUT2D eigenvalue weighted by Crippen LogP contribution is -2.30. The Kier molecular flexibility index (Phi) is 6.77. The first-order valence-corrected chi connectivity index (χ1v) is 11.0. The summed E-state index contributed by atoms with van der Waals surface area (Å²) in [6.07, 6.45) is 10.4. The third-order valence-electron chi connectivity index (χ3n) is 4.94. The standard InChI is InChI=1S/C24H24N4OS/c29-24(10-4-3-9-23-27-21-7-1-2-8-22(21)30-23)28(17-19-11-14-25-15-12-19)18-20-6-5-13-26-16-20/h1-2,5-8,11-16H,3-4,9-10,17-18H2. The smallest absolute Gasteiger partial charge is 0.223 e. The Morgan fingerprint density at radius 2 is 1.70 bits per heavy atom. The number of hydrogen-bond donors (Lipinski definition) is 0. The van der Waals surface area contributed by atoms with Gasteiger partial charge in [0.05, 0.1) is 15.2 Å². The number of aromatic nitrogens is 3. The average Bonchev–Trinajstić information content (AvgIpc) is 3.20. The molecule has 0 saturated heterocycles. The number of pyridine rings is 2. The number of carbonyl (C=O) groups is 1. The van der Waals surface area contributed by atoms with E-state index in [4.69, 9.17) is 0 Å². The molecule has 4 aromatic rings. The Morgan fingerprint density at radius 3 is 2.50 bits per heavy atom. The molecule has 30 heavy (non-hydrogen) atoms. The molecule has 0 atom stereocenters. The number of fused-ring (bicyclic) bond motifs is 1. The molecule has 0 aliphatic rings. The maximum Gasteiger partial charge on any atom is 0.223 e. The van der Waals surface area contributed by atoms with Crippen LogP contribution in [0.1, 0.15) is 35.4 Å². The van der Waals surface area contributed by atoms with Crippen LogP contribution in [0.2, 0.25) is 0 Å². The van der Waals surface area contributed by atoms with Crippen molar-refractivity contribution < 1.29 is 4.79 Å². The van der Waals surface area contributed by atoms with Gasteiger partial charge in [-0.25, -0.2) is 4.98 Å². The molecule has 3 aromatic heterocycles. The summed E-state index contributed by atoms with van der Waals surface area (Å²) in [4.78, 5) is 27.8. The van der Waals surface area contributed by atoms with E-state index >= 15 is 0 Å². The summed E-state index contributed by atoms with van der Waals surface area (Å²) in [7, 11) is 0. The van der Waals surface area contributed by atoms with Crippen LogP contribution in [0.15, 0.2) is 73.3 Å². The molecule has 4 rings (SSSR count). The Morgan fingerprint density at radius 1 is 0.867 bits per heavy atom. The van der Waals surface area contributed by atoms with Gasteiger partial charge in [0.25, 0.3) is 0 Å². The zero-order chi connectivity index (χ0) is 20.6. The van der Waals surface area contributed by atoms with Crippen molar-refractivity contribution in [2.45, 2.75) is 38.8 Å². The summed E-state index contributed by atoms with van der Waals surface area (Å²) in [6, 6.07) is 16.0. The molecule has 5 nitrogen and oxygen atoms in total. The first kappa shape index (κ1) is 20.2. The van der Waals surface area contributed by atoms with Crippen LogP contribution in [0, 0.1) is 0 Å². The van der Waals surface area contributed by atoms with Gasteiger partial charge in [-0.05, 0) is 60.7 Å². The molecule has 0 spiro atoms. The van der Waals surface area contributed by atoms with Crippen molar-refractivity contribution in [1.82, 2.24) is 19.9 Å². The average molecular weight is 417 g/mol. The fourth-order valence-corrected chi connectivity index (χ4v) is 4.40. The molecule has 0 saturated carbocycles. The van der Waals surface area contributed by atoms with Crippen molar-refractivity contribution in [3.63, 3.8) is 0 Å². The van der Waals surface area contributed by atoms with E-state index < -0.39 is 0 Å². The summed E-state index contributed by atoms with van der Waals surface area (Å²) in [6.45, 7) is 1.14. The molecule has 6 heteroatoms. The number of thiazole rings is 1. The minimum absolute atomic E-state index is 0.167. The quantitative estimate of drug-likeness (QED) is 0.359. The number of nitrogens with zero attached hydrogens (tertiary/aromatic N) is 4. The number of unbranched alkanes of at least 4 members (excludes halogenated alkanes) is 1. The number of amides is 1. The molecule has 0 aliphatic heterocycles. The number of rotatable bonds is 9. The fourth-order valence-electron chi connectivity index (χ4n) is 3.39. The molecule has 1 aromatic carbocycles. The number of aryl methyl sites for hydroxylation is 1. The Balaban J connectivity index is 1.33. The lowest BCUT2D eigenvalue weighted by atomic mass is 10.1. The highest BCUT2D eigenvalue weighted by atomic mass is 32.1. The zero-order valence-electron chi connectivity index (χ0n) is 16.8. The molecule has 0 bridgehead atoms. The van der Waals surface area contributed by atoms with Crippen molar-refractivity contribution in [1.29, 1.82) is 0 Å². The van der Waals surface area contributed by atoms with Crippen molar-refractivity contribution in [3.8, 4) is 0 Å². The number of carbonyl (C=O) groups excluding carboxylic acids is 1. The number of hydrogen-bond acceptors (Lipinski definition) is 5. The summed E-state index contributed by atoms with van der Waals surface area (Å²) in [5.41, 5.74) is 3.18. The van der Waals surface area contributed by atoms with Gasteiger partial charge in [-0.3, -0.25) is 14.8 Å². The maximum absolute atomic E-state index is 13.0. The lowest BCUT2D eigenvalue weighted by molar-refractivity contribution is -0.132. The van der Waals surface area contributed by atoms with Crippen molar-refractivity contribution in [2.24, 2.45) is 0 Å². The van der Waals surface area contributed by atoms with E-state index in [0.29, 0.717) is 19.5 Å². The lowest BCUT2D eigenvalue weighted by Gasteiger charge is -2.23. The first-order chi connectivity index (χ1) is 14.8. The fraction of sp³-hybridized carbons (Fsp3) is 0.250. The topological polar surface area (TPSA) is 59.0 Å². The zero-order valence-corrected chi connectivity index (χ0v) is 17.6. The van der Waals surface area contributed by atoms with Crippen LogP contribution < -0.4 is 0 Å². The minimum atomic E-state index is 0.167. The van der Waals surface area contributed by atoms with E-state index in [1.807, 2.05) is 53.6 Å². The summed E-state index contributed by atoms with van der Waals surface area (Å²) < 4.78 is 1.23. The van der Waals surface area contributed by atoms with E-state index in [0.717, 1.165) is 40.9 Å². The van der Waals surface area contributed by atoms with E-state index in [1.165, 1.54) is 4.70 Å². The van der Waals surface area contributed by atoms with Crippen molar-refractivity contribution in [2.75, 3.05) is 0 Å². The molecular formula is C24H24N4OS. The van der Waals surface area contributed by atoms with E-state index in [2.05, 4.69) is 21.0 Å². The molecule has 152 valence electrons. The SMILES string of the molecule is O=C(CCCCc1nc2ccccc2s1)N(Cc1ccncc1)Cc1cccnc1. The number of para-hydroxylation sites is 1. The third-order valence-corrected chi connectivity index (χ3v) is 6.04. The van der Waals surface area contributed by atoms with Crippen LogP contribution >= 0.6 is 11.3 Å². The van der Waals surface area contributed by atoms with Crippen molar-refractivity contribution in [3.05, 3.63) is 89.5 Å². The van der Waals surface area contributed by atoms with Crippen molar-refractivity contribution >= 4 is 27.5 Å². The minimum Gasteiger partial charge on any atom is -0.334 e. The van der Waals surface area contributed by atoms with Gasteiger partial charge in [0.2, 0.25) is 5.91 Å². The predicted molar refractivity (Wildman–Crippen MR) is 120 cm³/mol. The second-order valence-corrected chi connectivity index (χ2v) is 8.36. The van der Waals surface area contributed by atoms with E-state index in [1.54, 1.807) is 29.9 Å². The van der Waals surface area contributed by atoms with Crippen LogP contribution in [-0.4, -0.2) is 25.8 Å². The molecule has 0 aliphatic carbocycles. The Labute approximate surface area is 180 Å². The van der Waals surface area contributed by atoms with Gasteiger partial charge in [0.1, 0.15) is 0 Å². The molecular weight excluding hydrogens is 392 g/mol. The Bertz CT molecular complexity index is 1010. The third kappa shape index (κ3) is 5.48.